The van der Waals surface area contributed by atoms with Gasteiger partial charge in [-0.1, -0.05) is 48.5 Å². The Labute approximate surface area is 192 Å². The molecular weight excluding hydrogens is 416 g/mol. The highest BCUT2D eigenvalue weighted by Crippen LogP contribution is 2.27. The third kappa shape index (κ3) is 4.40. The molecule has 1 aliphatic rings. The number of amides is 2. The lowest BCUT2D eigenvalue weighted by molar-refractivity contribution is -0.480. The largest absolute Gasteiger partial charge is 0.358 e. The number of hydrogen-bond donors (Lipinski definition) is 2. The van der Waals surface area contributed by atoms with Gasteiger partial charge in [0.05, 0.1) is 5.69 Å². The topological polar surface area (TPSA) is 75.9 Å². The zero-order chi connectivity index (χ0) is 23.4. The van der Waals surface area contributed by atoms with Crippen molar-refractivity contribution in [1.82, 2.24) is 5.01 Å². The van der Waals surface area contributed by atoms with Gasteiger partial charge in [0, 0.05) is 7.05 Å². The van der Waals surface area contributed by atoms with Crippen LogP contribution < -0.4 is 10.3 Å². The maximum absolute atomic E-state index is 12.5. The molecule has 3 aromatic rings. The number of nitrogens with one attached hydrogen (secondary N) is 1. The molecule has 7 nitrogen and oxygen atoms in total. The molecule has 0 aliphatic carbocycles. The van der Waals surface area contributed by atoms with Crippen molar-refractivity contribution < 1.29 is 19.3 Å². The summed E-state index contributed by atoms with van der Waals surface area (Å²) in [6.07, 6.45) is 3.21. The zero-order valence-electron chi connectivity index (χ0n) is 18.5. The second-order valence-corrected chi connectivity index (χ2v) is 7.49. The molecule has 2 amide bonds. The fraction of sp³-hybridized carbons (Fsp3) is 0.115. The molecule has 0 atom stereocenters. The quantitative estimate of drug-likeness (QED) is 0.153. The van der Waals surface area contributed by atoms with Crippen LogP contribution in [0.15, 0.2) is 90.5 Å². The van der Waals surface area contributed by atoms with E-state index in [9.17, 15) is 14.7 Å². The molecule has 0 saturated carbocycles. The van der Waals surface area contributed by atoms with E-state index >= 15 is 0 Å². The first kappa shape index (κ1) is 22.0. The first-order chi connectivity index (χ1) is 16.0. The van der Waals surface area contributed by atoms with Crippen molar-refractivity contribution in [3.8, 4) is 11.1 Å². The molecule has 166 valence electrons. The number of allylic oxidation sites excluding steroid dienone is 1. The van der Waals surface area contributed by atoms with Crippen LogP contribution in [0.25, 0.3) is 11.1 Å². The number of hydrazine groups is 1. The van der Waals surface area contributed by atoms with Crippen LogP contribution in [0.4, 0.5) is 17.1 Å². The Morgan fingerprint density at radius 3 is 2.09 bits per heavy atom. The number of carbonyl (C=O) groups excluding carboxylic acids is 2. The molecule has 2 N–H and O–H groups in total. The number of aliphatic hydroxyl groups excluding tert-OH is 1. The molecule has 0 unspecified atom stereocenters. The Hall–Kier alpha value is -4.23. The molecule has 3 aromatic carbocycles. The molecule has 0 radical (unpaired) electrons. The molecule has 0 spiro atoms. The molecule has 0 bridgehead atoms. The third-order valence-corrected chi connectivity index (χ3v) is 5.49. The fourth-order valence-corrected chi connectivity index (χ4v) is 3.67. The Morgan fingerprint density at radius 2 is 1.52 bits per heavy atom. The van der Waals surface area contributed by atoms with Crippen LogP contribution in [0.3, 0.4) is 0 Å². The highest BCUT2D eigenvalue weighted by atomic mass is 16.3. The Morgan fingerprint density at radius 1 is 0.879 bits per heavy atom. The predicted octanol–water partition coefficient (Wildman–Crippen LogP) is 3.75. The fourth-order valence-electron chi connectivity index (χ4n) is 3.67. The molecule has 0 aromatic heterocycles. The predicted molar refractivity (Wildman–Crippen MR) is 129 cm³/mol. The number of aliphatic hydroxyl groups is 1. The number of hydrogen-bond acceptors (Lipinski definition) is 3. The van der Waals surface area contributed by atoms with Crippen molar-refractivity contribution in [3.05, 3.63) is 90.5 Å². The summed E-state index contributed by atoms with van der Waals surface area (Å²) < 4.78 is 1.68. The van der Waals surface area contributed by atoms with Crippen molar-refractivity contribution in [1.29, 1.82) is 0 Å². The molecule has 33 heavy (non-hydrogen) atoms. The van der Waals surface area contributed by atoms with E-state index in [0.29, 0.717) is 5.69 Å². The van der Waals surface area contributed by atoms with Gasteiger partial charge in [0.15, 0.2) is 6.73 Å². The van der Waals surface area contributed by atoms with E-state index in [2.05, 4.69) is 17.4 Å². The summed E-state index contributed by atoms with van der Waals surface area (Å²) in [6.45, 7) is 1.48. The SMILES string of the molecule is C/C=C1\C(=O)N(C)N(c2ccc(N/C=[N+](/CO)c3ccc(-c4ccccc4)cc3)cc2)C1=O. The van der Waals surface area contributed by atoms with Crippen LogP contribution in [0.5, 0.6) is 0 Å². The summed E-state index contributed by atoms with van der Waals surface area (Å²) in [5.74, 6) is -0.669. The van der Waals surface area contributed by atoms with Gasteiger partial charge in [-0.05, 0) is 54.4 Å². The monoisotopic (exact) mass is 441 g/mol. The number of benzene rings is 3. The molecule has 1 aliphatic heterocycles. The lowest BCUT2D eigenvalue weighted by Crippen LogP contribution is -2.37. The van der Waals surface area contributed by atoms with Crippen molar-refractivity contribution in [3.63, 3.8) is 0 Å². The van der Waals surface area contributed by atoms with Gasteiger partial charge in [-0.15, -0.1) is 0 Å². The molecule has 1 heterocycles. The van der Waals surface area contributed by atoms with Gasteiger partial charge in [-0.25, -0.2) is 19.9 Å². The minimum absolute atomic E-state index is 0.157. The third-order valence-electron chi connectivity index (χ3n) is 5.49. The number of carbonyl (C=O) groups is 2. The van der Waals surface area contributed by atoms with Crippen molar-refractivity contribution in [2.45, 2.75) is 6.92 Å². The highest BCUT2D eigenvalue weighted by molar-refractivity contribution is 6.29. The maximum atomic E-state index is 12.5. The van der Waals surface area contributed by atoms with Crippen LogP contribution in [0.2, 0.25) is 0 Å². The van der Waals surface area contributed by atoms with Gasteiger partial charge < -0.3 is 5.11 Å². The standard InChI is InChI=1S/C26H24N4O3/c1-3-24-25(32)28(2)30(26(24)33)23-15-11-21(12-16-23)27-17-29(18-31)22-13-9-20(10-14-22)19-7-5-4-6-8-19/h3-17,31H,18H2,1-2H3/p+1/b24-3+. The van der Waals surface area contributed by atoms with Gasteiger partial charge in [-0.2, -0.15) is 0 Å². The van der Waals surface area contributed by atoms with Crippen molar-refractivity contribution in [2.75, 3.05) is 24.1 Å². The number of nitrogens with zero attached hydrogens (tertiary/aromatic N) is 3. The van der Waals surface area contributed by atoms with Crippen LogP contribution in [-0.2, 0) is 9.59 Å². The van der Waals surface area contributed by atoms with Crippen molar-refractivity contribution >= 4 is 35.2 Å². The van der Waals surface area contributed by atoms with E-state index in [1.165, 1.54) is 16.1 Å². The summed E-state index contributed by atoms with van der Waals surface area (Å²) in [4.78, 5) is 24.7. The van der Waals surface area contributed by atoms with Gasteiger partial charge in [-0.3, -0.25) is 9.59 Å². The minimum Gasteiger partial charge on any atom is -0.358 e. The first-order valence-electron chi connectivity index (χ1n) is 10.5. The summed E-state index contributed by atoms with van der Waals surface area (Å²) >= 11 is 0. The van der Waals surface area contributed by atoms with E-state index < -0.39 is 0 Å². The second kappa shape index (κ2) is 9.50. The molecule has 7 heteroatoms. The maximum Gasteiger partial charge on any atom is 0.282 e. The summed E-state index contributed by atoms with van der Waals surface area (Å²) in [6, 6.07) is 25.1. The summed E-state index contributed by atoms with van der Waals surface area (Å²) in [5, 5.41) is 15.6. The number of likely N-dealkylation sites (N-methyl/N-ethyl adjacent to an activating group) is 1. The van der Waals surface area contributed by atoms with Crippen LogP contribution >= 0.6 is 0 Å². The van der Waals surface area contributed by atoms with E-state index in [-0.39, 0.29) is 24.1 Å². The molecular formula is C26H25N4O3+. The molecule has 4 rings (SSSR count). The molecule has 1 fully saturated rings. The Bertz CT molecular complexity index is 1220. The Kier molecular flexibility index (Phi) is 6.33. The first-order valence-corrected chi connectivity index (χ1v) is 10.5. The van der Waals surface area contributed by atoms with Crippen LogP contribution in [0.1, 0.15) is 6.92 Å². The van der Waals surface area contributed by atoms with E-state index in [0.717, 1.165) is 22.5 Å². The smallest absolute Gasteiger partial charge is 0.282 e. The van der Waals surface area contributed by atoms with E-state index in [1.807, 2.05) is 42.5 Å². The van der Waals surface area contributed by atoms with Gasteiger partial charge in [0.25, 0.3) is 11.8 Å². The Balaban J connectivity index is 1.48. The van der Waals surface area contributed by atoms with E-state index in [1.54, 1.807) is 49.2 Å². The summed E-state index contributed by atoms with van der Waals surface area (Å²) in [7, 11) is 1.57. The van der Waals surface area contributed by atoms with Crippen molar-refractivity contribution in [2.24, 2.45) is 0 Å². The highest BCUT2D eigenvalue weighted by Gasteiger charge is 2.38. The van der Waals surface area contributed by atoms with Gasteiger partial charge in [0.2, 0.25) is 6.34 Å². The van der Waals surface area contributed by atoms with Crippen LogP contribution in [0, 0.1) is 0 Å². The average Bonchev–Trinajstić information content (AvgIpc) is 3.08. The lowest BCUT2D eigenvalue weighted by atomic mass is 10.1. The van der Waals surface area contributed by atoms with E-state index in [4.69, 9.17) is 0 Å². The summed E-state index contributed by atoms with van der Waals surface area (Å²) in [5.41, 5.74) is 4.58. The zero-order valence-corrected chi connectivity index (χ0v) is 18.5. The van der Waals surface area contributed by atoms with Crippen LogP contribution in [-0.4, -0.2) is 46.6 Å². The van der Waals surface area contributed by atoms with Gasteiger partial charge >= 0.3 is 0 Å². The normalized spacial score (nSPS) is 15.5. The molecule has 1 saturated heterocycles. The lowest BCUT2D eigenvalue weighted by Gasteiger charge is -2.23. The average molecular weight is 442 g/mol. The minimum atomic E-state index is -0.345. The number of rotatable bonds is 6. The number of anilines is 2. The van der Waals surface area contributed by atoms with Gasteiger partial charge in [0.1, 0.15) is 16.9 Å². The second-order valence-electron chi connectivity index (χ2n) is 7.49.